The van der Waals surface area contributed by atoms with Crippen molar-refractivity contribution in [1.82, 2.24) is 10.2 Å². The zero-order chi connectivity index (χ0) is 16.6. The quantitative estimate of drug-likeness (QED) is 0.750. The summed E-state index contributed by atoms with van der Waals surface area (Å²) in [5.74, 6) is 0.563. The summed E-state index contributed by atoms with van der Waals surface area (Å²) in [5, 5.41) is 13.8. The highest BCUT2D eigenvalue weighted by Gasteiger charge is 2.23. The molecule has 0 aromatic heterocycles. The third-order valence-corrected chi connectivity index (χ3v) is 5.89. The molecule has 0 spiro atoms. The van der Waals surface area contributed by atoms with Crippen molar-refractivity contribution in [2.75, 3.05) is 19.6 Å². The minimum Gasteiger partial charge on any atom is -0.393 e. The van der Waals surface area contributed by atoms with Crippen LogP contribution in [0.1, 0.15) is 56.9 Å². The molecule has 1 aromatic rings. The van der Waals surface area contributed by atoms with Gasteiger partial charge in [-0.25, -0.2) is 0 Å². The van der Waals surface area contributed by atoms with Gasteiger partial charge in [-0.3, -0.25) is 4.90 Å². The second kappa shape index (κ2) is 9.55. The Kier molecular flexibility index (Phi) is 7.13. The van der Waals surface area contributed by atoms with E-state index in [0.29, 0.717) is 12.0 Å². The summed E-state index contributed by atoms with van der Waals surface area (Å²) in [7, 11) is 0. The molecule has 24 heavy (non-hydrogen) atoms. The Balaban J connectivity index is 1.27. The molecule has 1 saturated heterocycles. The fourth-order valence-electron chi connectivity index (χ4n) is 4.33. The molecular formula is C21H34N2O. The van der Waals surface area contributed by atoms with Crippen LogP contribution in [-0.4, -0.2) is 41.8 Å². The van der Waals surface area contributed by atoms with Gasteiger partial charge in [0.25, 0.3) is 0 Å². The van der Waals surface area contributed by atoms with Crippen LogP contribution >= 0.6 is 0 Å². The van der Waals surface area contributed by atoms with E-state index in [9.17, 15) is 5.11 Å². The standard InChI is InChI=1S/C21H34N2O/c24-21-11-5-4-9-19(21)10-6-14-22-20-12-15-23(16-13-20)17-18-7-2-1-3-8-18/h1-3,7-8,19-22,24H,4-6,9-17H2. The Morgan fingerprint density at radius 2 is 1.75 bits per heavy atom. The van der Waals surface area contributed by atoms with Crippen LogP contribution in [0, 0.1) is 5.92 Å². The Bertz CT molecular complexity index is 456. The molecule has 3 rings (SSSR count). The molecule has 134 valence electrons. The Hall–Kier alpha value is -0.900. The van der Waals surface area contributed by atoms with Crippen molar-refractivity contribution in [3.63, 3.8) is 0 Å². The Morgan fingerprint density at radius 1 is 1.00 bits per heavy atom. The molecular weight excluding hydrogens is 296 g/mol. The van der Waals surface area contributed by atoms with E-state index in [2.05, 4.69) is 40.5 Å². The van der Waals surface area contributed by atoms with Gasteiger partial charge in [-0.1, -0.05) is 43.2 Å². The predicted molar refractivity (Wildman–Crippen MR) is 99.9 cm³/mol. The number of benzene rings is 1. The summed E-state index contributed by atoms with van der Waals surface area (Å²) < 4.78 is 0. The number of aliphatic hydroxyl groups is 1. The van der Waals surface area contributed by atoms with Gasteiger partial charge in [-0.2, -0.15) is 0 Å². The van der Waals surface area contributed by atoms with Crippen LogP contribution < -0.4 is 5.32 Å². The molecule has 2 aliphatic rings. The van der Waals surface area contributed by atoms with E-state index in [1.165, 1.54) is 63.6 Å². The normalized spacial score (nSPS) is 26.5. The number of likely N-dealkylation sites (tertiary alicyclic amines) is 1. The minimum atomic E-state index is -0.0278. The van der Waals surface area contributed by atoms with E-state index < -0.39 is 0 Å². The number of rotatable bonds is 7. The van der Waals surface area contributed by atoms with Crippen molar-refractivity contribution in [3.05, 3.63) is 35.9 Å². The fraction of sp³-hybridized carbons (Fsp3) is 0.714. The van der Waals surface area contributed by atoms with E-state index in [1.807, 2.05) is 0 Å². The van der Waals surface area contributed by atoms with Crippen molar-refractivity contribution in [2.45, 2.75) is 70.1 Å². The molecule has 0 bridgehead atoms. The van der Waals surface area contributed by atoms with Crippen molar-refractivity contribution in [3.8, 4) is 0 Å². The first-order valence-corrected chi connectivity index (χ1v) is 9.99. The molecule has 0 amide bonds. The van der Waals surface area contributed by atoms with Crippen LogP contribution in [0.2, 0.25) is 0 Å². The first-order valence-electron chi connectivity index (χ1n) is 9.99. The maximum absolute atomic E-state index is 10.0. The third kappa shape index (κ3) is 5.58. The molecule has 3 nitrogen and oxygen atoms in total. The van der Waals surface area contributed by atoms with Crippen LogP contribution in [0.25, 0.3) is 0 Å². The van der Waals surface area contributed by atoms with Crippen LogP contribution in [0.3, 0.4) is 0 Å². The van der Waals surface area contributed by atoms with Gasteiger partial charge in [-0.15, -0.1) is 0 Å². The van der Waals surface area contributed by atoms with Crippen molar-refractivity contribution in [1.29, 1.82) is 0 Å². The lowest BCUT2D eigenvalue weighted by atomic mass is 9.83. The molecule has 1 aliphatic carbocycles. The monoisotopic (exact) mass is 330 g/mol. The molecule has 0 radical (unpaired) electrons. The largest absolute Gasteiger partial charge is 0.393 e. The highest BCUT2D eigenvalue weighted by molar-refractivity contribution is 5.14. The number of aliphatic hydroxyl groups excluding tert-OH is 1. The van der Waals surface area contributed by atoms with Gasteiger partial charge in [0.05, 0.1) is 6.10 Å². The molecule has 2 fully saturated rings. The summed E-state index contributed by atoms with van der Waals surface area (Å²) >= 11 is 0. The second-order valence-electron chi connectivity index (χ2n) is 7.74. The van der Waals surface area contributed by atoms with Crippen LogP contribution in [0.5, 0.6) is 0 Å². The van der Waals surface area contributed by atoms with E-state index in [0.717, 1.165) is 19.5 Å². The first kappa shape index (κ1) is 17.9. The van der Waals surface area contributed by atoms with Gasteiger partial charge in [0, 0.05) is 12.6 Å². The minimum absolute atomic E-state index is 0.0278. The van der Waals surface area contributed by atoms with Crippen LogP contribution in [0.15, 0.2) is 30.3 Å². The summed E-state index contributed by atoms with van der Waals surface area (Å²) in [6, 6.07) is 11.5. The van der Waals surface area contributed by atoms with Gasteiger partial charge in [-0.05, 0) is 69.6 Å². The van der Waals surface area contributed by atoms with Crippen molar-refractivity contribution in [2.24, 2.45) is 5.92 Å². The average Bonchev–Trinajstić information content (AvgIpc) is 2.62. The lowest BCUT2D eigenvalue weighted by Crippen LogP contribution is -2.42. The topological polar surface area (TPSA) is 35.5 Å². The summed E-state index contributed by atoms with van der Waals surface area (Å²) in [6.07, 6.45) is 9.70. The lowest BCUT2D eigenvalue weighted by Gasteiger charge is -2.33. The van der Waals surface area contributed by atoms with E-state index in [4.69, 9.17) is 0 Å². The van der Waals surface area contributed by atoms with Gasteiger partial charge in [0.2, 0.25) is 0 Å². The highest BCUT2D eigenvalue weighted by atomic mass is 16.3. The van der Waals surface area contributed by atoms with E-state index in [-0.39, 0.29) is 6.10 Å². The zero-order valence-electron chi connectivity index (χ0n) is 15.0. The smallest absolute Gasteiger partial charge is 0.0568 e. The van der Waals surface area contributed by atoms with Gasteiger partial charge >= 0.3 is 0 Å². The van der Waals surface area contributed by atoms with Gasteiger partial charge in [0.1, 0.15) is 0 Å². The average molecular weight is 331 g/mol. The fourth-order valence-corrected chi connectivity index (χ4v) is 4.33. The molecule has 2 unspecified atom stereocenters. The summed E-state index contributed by atoms with van der Waals surface area (Å²) in [5.41, 5.74) is 1.43. The van der Waals surface area contributed by atoms with Crippen LogP contribution in [0.4, 0.5) is 0 Å². The SMILES string of the molecule is OC1CCCCC1CCCNC1CCN(Cc2ccccc2)CC1. The number of hydrogen-bond acceptors (Lipinski definition) is 3. The number of piperidine rings is 1. The molecule has 1 saturated carbocycles. The molecule has 1 aliphatic heterocycles. The maximum atomic E-state index is 10.0. The number of nitrogens with one attached hydrogen (secondary N) is 1. The van der Waals surface area contributed by atoms with Crippen LogP contribution in [-0.2, 0) is 6.54 Å². The Labute approximate surface area is 147 Å². The maximum Gasteiger partial charge on any atom is 0.0568 e. The molecule has 2 N–H and O–H groups in total. The van der Waals surface area contributed by atoms with E-state index in [1.54, 1.807) is 0 Å². The third-order valence-electron chi connectivity index (χ3n) is 5.89. The second-order valence-corrected chi connectivity index (χ2v) is 7.74. The van der Waals surface area contributed by atoms with Crippen molar-refractivity contribution >= 4 is 0 Å². The summed E-state index contributed by atoms with van der Waals surface area (Å²) in [4.78, 5) is 2.58. The van der Waals surface area contributed by atoms with Gasteiger partial charge in [0.15, 0.2) is 0 Å². The molecule has 1 aromatic carbocycles. The highest BCUT2D eigenvalue weighted by Crippen LogP contribution is 2.27. The molecule has 2 atom stereocenters. The number of nitrogens with zero attached hydrogens (tertiary/aromatic N) is 1. The number of hydrogen-bond donors (Lipinski definition) is 2. The van der Waals surface area contributed by atoms with Crippen molar-refractivity contribution < 1.29 is 5.11 Å². The first-order chi connectivity index (χ1) is 11.8. The molecule has 1 heterocycles. The van der Waals surface area contributed by atoms with E-state index >= 15 is 0 Å². The summed E-state index contributed by atoms with van der Waals surface area (Å²) in [6.45, 7) is 4.61. The zero-order valence-corrected chi connectivity index (χ0v) is 15.0. The lowest BCUT2D eigenvalue weighted by molar-refractivity contribution is 0.0640. The Morgan fingerprint density at radius 3 is 2.50 bits per heavy atom. The van der Waals surface area contributed by atoms with Gasteiger partial charge < -0.3 is 10.4 Å². The molecule has 3 heteroatoms. The predicted octanol–water partition coefficient (Wildman–Crippen LogP) is 3.57.